The van der Waals surface area contributed by atoms with Gasteiger partial charge in [0, 0.05) is 26.7 Å². The van der Waals surface area contributed by atoms with Crippen LogP contribution < -0.4 is 5.32 Å². The third-order valence-corrected chi connectivity index (χ3v) is 5.40. The first-order valence-corrected chi connectivity index (χ1v) is 8.85. The summed E-state index contributed by atoms with van der Waals surface area (Å²) in [5.41, 5.74) is 2.49. The predicted molar refractivity (Wildman–Crippen MR) is 96.7 cm³/mol. The first-order chi connectivity index (χ1) is 10.9. The van der Waals surface area contributed by atoms with Crippen LogP contribution in [0.3, 0.4) is 0 Å². The summed E-state index contributed by atoms with van der Waals surface area (Å²) >= 11 is 3.53. The Bertz CT molecular complexity index is 880. The smallest absolute Gasteiger partial charge is 0.135 e. The van der Waals surface area contributed by atoms with E-state index >= 15 is 0 Å². The molecular formula is C18H14N2S2. The van der Waals surface area contributed by atoms with Gasteiger partial charge < -0.3 is 5.32 Å². The largest absolute Gasteiger partial charge is 0.365 e. The first-order valence-electron chi connectivity index (χ1n) is 7.10. The van der Waals surface area contributed by atoms with Crippen molar-refractivity contribution in [2.45, 2.75) is 6.54 Å². The van der Waals surface area contributed by atoms with Crippen molar-refractivity contribution in [3.05, 3.63) is 70.4 Å². The van der Waals surface area contributed by atoms with Gasteiger partial charge in [0.1, 0.15) is 5.82 Å². The van der Waals surface area contributed by atoms with E-state index in [1.54, 1.807) is 22.7 Å². The van der Waals surface area contributed by atoms with Crippen LogP contribution in [-0.4, -0.2) is 4.98 Å². The molecule has 0 saturated carbocycles. The van der Waals surface area contributed by atoms with Gasteiger partial charge in [0.15, 0.2) is 0 Å². The number of hydrogen-bond donors (Lipinski definition) is 1. The lowest BCUT2D eigenvalue weighted by Gasteiger charge is -2.08. The van der Waals surface area contributed by atoms with Crippen molar-refractivity contribution in [1.82, 2.24) is 4.98 Å². The number of rotatable bonds is 4. The number of thiophene rings is 2. The number of benzene rings is 1. The average Bonchev–Trinajstić information content (AvgIpc) is 3.23. The molecule has 3 aromatic heterocycles. The third-order valence-electron chi connectivity index (χ3n) is 3.58. The molecule has 0 aliphatic rings. The summed E-state index contributed by atoms with van der Waals surface area (Å²) in [6, 6.07) is 16.8. The standard InChI is InChI=1S/C18H14N2S2/c1-2-5-13(6-3-1)15-12-22-16-8-9-19-18(17(15)16)20-11-14-7-4-10-21-14/h1-10,12H,11H2,(H,19,20). The molecule has 0 fully saturated rings. The number of pyridine rings is 1. The Kier molecular flexibility index (Phi) is 3.62. The zero-order valence-corrected chi connectivity index (χ0v) is 13.5. The number of nitrogens with zero attached hydrogens (tertiary/aromatic N) is 1. The molecule has 0 aliphatic carbocycles. The van der Waals surface area contributed by atoms with Gasteiger partial charge in [-0.15, -0.1) is 22.7 Å². The number of anilines is 1. The van der Waals surface area contributed by atoms with Crippen molar-refractivity contribution >= 4 is 38.6 Å². The molecule has 108 valence electrons. The van der Waals surface area contributed by atoms with E-state index in [0.717, 1.165) is 12.4 Å². The predicted octanol–water partition coefficient (Wildman–Crippen LogP) is 5.64. The quantitative estimate of drug-likeness (QED) is 0.526. The fraction of sp³-hybridized carbons (Fsp3) is 0.0556. The minimum Gasteiger partial charge on any atom is -0.365 e. The van der Waals surface area contributed by atoms with Gasteiger partial charge in [0.05, 0.1) is 6.54 Å². The Morgan fingerprint density at radius 1 is 0.955 bits per heavy atom. The molecule has 0 radical (unpaired) electrons. The second-order valence-corrected chi connectivity index (χ2v) is 6.92. The van der Waals surface area contributed by atoms with Crippen LogP contribution in [0.15, 0.2) is 65.5 Å². The molecule has 0 saturated heterocycles. The Labute approximate surface area is 137 Å². The van der Waals surface area contributed by atoms with E-state index in [9.17, 15) is 0 Å². The van der Waals surface area contributed by atoms with Crippen molar-refractivity contribution in [3.63, 3.8) is 0 Å². The summed E-state index contributed by atoms with van der Waals surface area (Å²) in [4.78, 5) is 5.88. The third kappa shape index (κ3) is 2.51. The topological polar surface area (TPSA) is 24.9 Å². The lowest BCUT2D eigenvalue weighted by molar-refractivity contribution is 1.15. The molecule has 0 aliphatic heterocycles. The van der Waals surface area contributed by atoms with Crippen LogP contribution in [0.5, 0.6) is 0 Å². The molecule has 4 aromatic rings. The molecule has 1 aromatic carbocycles. The van der Waals surface area contributed by atoms with Crippen LogP contribution in [0, 0.1) is 0 Å². The highest BCUT2D eigenvalue weighted by atomic mass is 32.1. The van der Waals surface area contributed by atoms with Crippen molar-refractivity contribution < 1.29 is 0 Å². The molecule has 4 heteroatoms. The molecule has 2 nitrogen and oxygen atoms in total. The zero-order valence-electron chi connectivity index (χ0n) is 11.8. The maximum Gasteiger partial charge on any atom is 0.135 e. The molecule has 1 N–H and O–H groups in total. The molecule has 0 atom stereocenters. The number of hydrogen-bond acceptors (Lipinski definition) is 4. The lowest BCUT2D eigenvalue weighted by atomic mass is 10.1. The second kappa shape index (κ2) is 5.91. The molecule has 4 rings (SSSR count). The van der Waals surface area contributed by atoms with Gasteiger partial charge in [0.2, 0.25) is 0 Å². The van der Waals surface area contributed by atoms with E-state index in [0.29, 0.717) is 0 Å². The summed E-state index contributed by atoms with van der Waals surface area (Å²) in [5, 5.41) is 9.03. The second-order valence-electron chi connectivity index (χ2n) is 4.98. The first kappa shape index (κ1) is 13.5. The maximum absolute atomic E-state index is 4.56. The molecule has 3 heterocycles. The average molecular weight is 322 g/mol. The van der Waals surface area contributed by atoms with Crippen molar-refractivity contribution in [2.24, 2.45) is 0 Å². The summed E-state index contributed by atoms with van der Waals surface area (Å²) in [5.74, 6) is 0.964. The fourth-order valence-electron chi connectivity index (χ4n) is 2.53. The molecule has 0 amide bonds. The summed E-state index contributed by atoms with van der Waals surface area (Å²) in [6.07, 6.45) is 1.88. The van der Waals surface area contributed by atoms with Gasteiger partial charge in [0.25, 0.3) is 0 Å². The van der Waals surface area contributed by atoms with E-state index in [-0.39, 0.29) is 0 Å². The van der Waals surface area contributed by atoms with Crippen LogP contribution in [0.4, 0.5) is 5.82 Å². The Balaban J connectivity index is 1.76. The number of nitrogens with one attached hydrogen (secondary N) is 1. The van der Waals surface area contributed by atoms with Gasteiger partial charge in [-0.25, -0.2) is 4.98 Å². The lowest BCUT2D eigenvalue weighted by Crippen LogP contribution is -2.00. The zero-order chi connectivity index (χ0) is 14.8. The molecular weight excluding hydrogens is 308 g/mol. The van der Waals surface area contributed by atoms with E-state index in [2.05, 4.69) is 63.5 Å². The Morgan fingerprint density at radius 3 is 2.68 bits per heavy atom. The fourth-order valence-corrected chi connectivity index (χ4v) is 4.14. The summed E-state index contributed by atoms with van der Waals surface area (Å²) < 4.78 is 1.27. The van der Waals surface area contributed by atoms with E-state index in [1.165, 1.54) is 26.1 Å². The van der Waals surface area contributed by atoms with Gasteiger partial charge >= 0.3 is 0 Å². The molecule has 0 bridgehead atoms. The van der Waals surface area contributed by atoms with Gasteiger partial charge in [-0.05, 0) is 28.5 Å². The van der Waals surface area contributed by atoms with Crippen molar-refractivity contribution in [1.29, 1.82) is 0 Å². The van der Waals surface area contributed by atoms with Crippen molar-refractivity contribution in [2.75, 3.05) is 5.32 Å². The minimum absolute atomic E-state index is 0.813. The maximum atomic E-state index is 4.56. The van der Waals surface area contributed by atoms with Crippen LogP contribution in [-0.2, 0) is 6.54 Å². The Morgan fingerprint density at radius 2 is 1.86 bits per heavy atom. The van der Waals surface area contributed by atoms with Gasteiger partial charge in [-0.2, -0.15) is 0 Å². The molecule has 0 unspecified atom stereocenters. The SMILES string of the molecule is c1ccc(-c2csc3ccnc(NCc4cccs4)c23)cc1. The highest BCUT2D eigenvalue weighted by Gasteiger charge is 2.11. The van der Waals surface area contributed by atoms with Crippen molar-refractivity contribution in [3.8, 4) is 11.1 Å². The summed E-state index contributed by atoms with van der Waals surface area (Å²) in [7, 11) is 0. The van der Waals surface area contributed by atoms with Crippen LogP contribution in [0.2, 0.25) is 0 Å². The number of aromatic nitrogens is 1. The van der Waals surface area contributed by atoms with Crippen LogP contribution >= 0.6 is 22.7 Å². The van der Waals surface area contributed by atoms with Gasteiger partial charge in [-0.1, -0.05) is 36.4 Å². The van der Waals surface area contributed by atoms with Crippen LogP contribution in [0.1, 0.15) is 4.88 Å². The highest BCUT2D eigenvalue weighted by Crippen LogP contribution is 2.37. The number of fused-ring (bicyclic) bond motifs is 1. The molecule has 22 heavy (non-hydrogen) atoms. The van der Waals surface area contributed by atoms with E-state index in [1.807, 2.05) is 12.3 Å². The minimum atomic E-state index is 0.813. The Hall–Kier alpha value is -2.17. The normalized spacial score (nSPS) is 10.9. The summed E-state index contributed by atoms with van der Waals surface area (Å²) in [6.45, 7) is 0.813. The van der Waals surface area contributed by atoms with E-state index < -0.39 is 0 Å². The monoisotopic (exact) mass is 322 g/mol. The van der Waals surface area contributed by atoms with Crippen LogP contribution in [0.25, 0.3) is 21.2 Å². The van der Waals surface area contributed by atoms with E-state index in [4.69, 9.17) is 0 Å². The molecule has 0 spiro atoms. The highest BCUT2D eigenvalue weighted by molar-refractivity contribution is 7.17. The van der Waals surface area contributed by atoms with Gasteiger partial charge in [-0.3, -0.25) is 0 Å².